The van der Waals surface area contributed by atoms with E-state index in [0.717, 1.165) is 18.9 Å². The van der Waals surface area contributed by atoms with Gasteiger partial charge in [-0.2, -0.15) is 0 Å². The van der Waals surface area contributed by atoms with E-state index < -0.39 is 0 Å². The van der Waals surface area contributed by atoms with Crippen molar-refractivity contribution in [1.29, 1.82) is 0 Å². The highest BCUT2D eigenvalue weighted by atomic mass is 15.1. The standard InChI is InChI=1S/C8H13N3/c1-7-10-4-5-11(7)8-2-3-9-6-8/h4-5,8-9H,2-3,6H2,1H3. The summed E-state index contributed by atoms with van der Waals surface area (Å²) in [6.07, 6.45) is 5.16. The van der Waals surface area contributed by atoms with Crippen LogP contribution in [0.2, 0.25) is 0 Å². The van der Waals surface area contributed by atoms with Crippen LogP contribution in [0.15, 0.2) is 12.4 Å². The number of hydrogen-bond acceptors (Lipinski definition) is 2. The third kappa shape index (κ3) is 1.16. The molecule has 1 atom stereocenters. The van der Waals surface area contributed by atoms with Crippen molar-refractivity contribution in [2.24, 2.45) is 0 Å². The highest BCUT2D eigenvalue weighted by molar-refractivity contribution is 4.94. The van der Waals surface area contributed by atoms with Crippen LogP contribution in [0, 0.1) is 6.92 Å². The molecule has 1 fully saturated rings. The van der Waals surface area contributed by atoms with E-state index in [1.54, 1.807) is 0 Å². The Balaban J connectivity index is 2.21. The second kappa shape index (κ2) is 2.66. The van der Waals surface area contributed by atoms with Crippen molar-refractivity contribution in [1.82, 2.24) is 14.9 Å². The highest BCUT2D eigenvalue weighted by Crippen LogP contribution is 2.15. The van der Waals surface area contributed by atoms with E-state index in [0.29, 0.717) is 6.04 Å². The summed E-state index contributed by atoms with van der Waals surface area (Å²) >= 11 is 0. The van der Waals surface area contributed by atoms with Gasteiger partial charge in [0.25, 0.3) is 0 Å². The Kier molecular flexibility index (Phi) is 1.66. The molecule has 60 valence electrons. The molecule has 11 heavy (non-hydrogen) atoms. The minimum Gasteiger partial charge on any atom is -0.331 e. The third-order valence-corrected chi connectivity index (χ3v) is 2.29. The highest BCUT2D eigenvalue weighted by Gasteiger charge is 2.16. The Bertz CT molecular complexity index is 235. The van der Waals surface area contributed by atoms with Gasteiger partial charge in [0.1, 0.15) is 5.82 Å². The van der Waals surface area contributed by atoms with Crippen LogP contribution >= 0.6 is 0 Å². The minimum absolute atomic E-state index is 0.637. The zero-order chi connectivity index (χ0) is 7.68. The number of imidazole rings is 1. The molecule has 1 aromatic heterocycles. The topological polar surface area (TPSA) is 29.9 Å². The Morgan fingerprint density at radius 2 is 2.64 bits per heavy atom. The van der Waals surface area contributed by atoms with Crippen molar-refractivity contribution in [3.8, 4) is 0 Å². The van der Waals surface area contributed by atoms with E-state index in [4.69, 9.17) is 0 Å². The first kappa shape index (κ1) is 6.85. The molecule has 0 saturated carbocycles. The van der Waals surface area contributed by atoms with Crippen molar-refractivity contribution in [3.05, 3.63) is 18.2 Å². The van der Waals surface area contributed by atoms with Gasteiger partial charge < -0.3 is 9.88 Å². The normalized spacial score (nSPS) is 24.3. The quantitative estimate of drug-likeness (QED) is 0.641. The van der Waals surface area contributed by atoms with E-state index in [9.17, 15) is 0 Å². The summed E-state index contributed by atoms with van der Waals surface area (Å²) in [6, 6.07) is 0.637. The first-order chi connectivity index (χ1) is 5.38. The summed E-state index contributed by atoms with van der Waals surface area (Å²) in [5.41, 5.74) is 0. The number of hydrogen-bond donors (Lipinski definition) is 1. The maximum absolute atomic E-state index is 4.20. The van der Waals surface area contributed by atoms with Crippen molar-refractivity contribution in [2.75, 3.05) is 13.1 Å². The van der Waals surface area contributed by atoms with Crippen molar-refractivity contribution in [3.63, 3.8) is 0 Å². The average Bonchev–Trinajstić information content (AvgIpc) is 2.55. The van der Waals surface area contributed by atoms with E-state index in [1.165, 1.54) is 6.42 Å². The predicted molar refractivity (Wildman–Crippen MR) is 43.5 cm³/mol. The summed E-state index contributed by atoms with van der Waals surface area (Å²) in [6.45, 7) is 4.29. The Morgan fingerprint density at radius 1 is 1.73 bits per heavy atom. The zero-order valence-electron chi connectivity index (χ0n) is 6.75. The smallest absolute Gasteiger partial charge is 0.105 e. The van der Waals surface area contributed by atoms with E-state index in [1.807, 2.05) is 6.20 Å². The summed E-state index contributed by atoms with van der Waals surface area (Å²) < 4.78 is 2.25. The molecule has 0 spiro atoms. The zero-order valence-corrected chi connectivity index (χ0v) is 6.75. The lowest BCUT2D eigenvalue weighted by Crippen LogP contribution is -2.13. The van der Waals surface area contributed by atoms with Crippen molar-refractivity contribution in [2.45, 2.75) is 19.4 Å². The molecule has 1 N–H and O–H groups in total. The summed E-state index contributed by atoms with van der Waals surface area (Å²) in [7, 11) is 0. The molecule has 0 amide bonds. The molecular formula is C8H13N3. The molecule has 0 radical (unpaired) electrons. The average molecular weight is 151 g/mol. The van der Waals surface area contributed by atoms with Gasteiger partial charge in [-0.15, -0.1) is 0 Å². The van der Waals surface area contributed by atoms with Gasteiger partial charge in [0.05, 0.1) is 0 Å². The largest absolute Gasteiger partial charge is 0.331 e. The minimum atomic E-state index is 0.637. The monoisotopic (exact) mass is 151 g/mol. The second-order valence-electron chi connectivity index (χ2n) is 3.03. The van der Waals surface area contributed by atoms with E-state index >= 15 is 0 Å². The van der Waals surface area contributed by atoms with Crippen LogP contribution in [0.25, 0.3) is 0 Å². The van der Waals surface area contributed by atoms with Gasteiger partial charge in [-0.05, 0) is 19.9 Å². The van der Waals surface area contributed by atoms with Crippen LogP contribution in [0.3, 0.4) is 0 Å². The molecule has 2 heterocycles. The molecule has 0 bridgehead atoms. The number of aromatic nitrogens is 2. The van der Waals surface area contributed by atoms with Gasteiger partial charge in [-0.25, -0.2) is 4.98 Å². The maximum atomic E-state index is 4.20. The van der Waals surface area contributed by atoms with E-state index in [2.05, 4.69) is 28.0 Å². The van der Waals surface area contributed by atoms with Crippen LogP contribution in [0.5, 0.6) is 0 Å². The van der Waals surface area contributed by atoms with Gasteiger partial charge >= 0.3 is 0 Å². The Morgan fingerprint density at radius 3 is 3.18 bits per heavy atom. The van der Waals surface area contributed by atoms with Crippen molar-refractivity contribution >= 4 is 0 Å². The van der Waals surface area contributed by atoms with Crippen LogP contribution in [0.1, 0.15) is 18.3 Å². The number of aryl methyl sites for hydroxylation is 1. The molecule has 1 aromatic rings. The van der Waals surface area contributed by atoms with Crippen LogP contribution in [0.4, 0.5) is 0 Å². The van der Waals surface area contributed by atoms with Gasteiger partial charge in [0, 0.05) is 25.0 Å². The maximum Gasteiger partial charge on any atom is 0.105 e. The fraction of sp³-hybridized carbons (Fsp3) is 0.625. The molecular weight excluding hydrogens is 138 g/mol. The molecule has 1 aliphatic heterocycles. The number of nitrogens with zero attached hydrogens (tertiary/aromatic N) is 2. The molecule has 1 aliphatic rings. The van der Waals surface area contributed by atoms with Crippen LogP contribution in [-0.2, 0) is 0 Å². The predicted octanol–water partition coefficient (Wildman–Crippen LogP) is 0.726. The van der Waals surface area contributed by atoms with Crippen molar-refractivity contribution < 1.29 is 0 Å². The fourth-order valence-corrected chi connectivity index (χ4v) is 1.65. The molecule has 1 saturated heterocycles. The molecule has 3 heteroatoms. The van der Waals surface area contributed by atoms with Gasteiger partial charge in [-0.1, -0.05) is 0 Å². The second-order valence-corrected chi connectivity index (χ2v) is 3.03. The lowest BCUT2D eigenvalue weighted by molar-refractivity contribution is 0.533. The summed E-state index contributed by atoms with van der Waals surface area (Å²) in [5, 5.41) is 3.34. The number of rotatable bonds is 1. The van der Waals surface area contributed by atoms with Crippen LogP contribution < -0.4 is 5.32 Å². The molecule has 1 unspecified atom stereocenters. The van der Waals surface area contributed by atoms with E-state index in [-0.39, 0.29) is 0 Å². The lowest BCUT2D eigenvalue weighted by atomic mass is 10.2. The summed E-state index contributed by atoms with van der Waals surface area (Å²) in [5.74, 6) is 1.12. The SMILES string of the molecule is Cc1nccn1C1CCNC1. The Labute approximate surface area is 66.4 Å². The first-order valence-corrected chi connectivity index (χ1v) is 4.08. The van der Waals surface area contributed by atoms with Gasteiger partial charge in [0.15, 0.2) is 0 Å². The lowest BCUT2D eigenvalue weighted by Gasteiger charge is -2.11. The number of nitrogens with one attached hydrogen (secondary N) is 1. The molecule has 0 aliphatic carbocycles. The molecule has 2 rings (SSSR count). The van der Waals surface area contributed by atoms with Gasteiger partial charge in [-0.3, -0.25) is 0 Å². The summed E-state index contributed by atoms with van der Waals surface area (Å²) in [4.78, 5) is 4.20. The Hall–Kier alpha value is -0.830. The van der Waals surface area contributed by atoms with Gasteiger partial charge in [0.2, 0.25) is 0 Å². The third-order valence-electron chi connectivity index (χ3n) is 2.29. The first-order valence-electron chi connectivity index (χ1n) is 4.08. The molecule has 0 aromatic carbocycles. The van der Waals surface area contributed by atoms with Crippen LogP contribution in [-0.4, -0.2) is 22.6 Å². The fourth-order valence-electron chi connectivity index (χ4n) is 1.65. The molecule has 3 nitrogen and oxygen atoms in total.